The molecule has 2 nitrogen and oxygen atoms in total. The van der Waals surface area contributed by atoms with Crippen LogP contribution in [0.5, 0.6) is 0 Å². The van der Waals surface area contributed by atoms with Gasteiger partial charge in [0.05, 0.1) is 0 Å². The van der Waals surface area contributed by atoms with Crippen LogP contribution in [0, 0.1) is 5.92 Å². The van der Waals surface area contributed by atoms with E-state index in [1.54, 1.807) is 0 Å². The van der Waals surface area contributed by atoms with Gasteiger partial charge in [0.15, 0.2) is 0 Å². The van der Waals surface area contributed by atoms with E-state index in [2.05, 4.69) is 34.2 Å². The standard InChI is InChI=1S/C15H21BrClNO/c1-10(13-7-6-12(16)8-14(13)17)18-15-5-3-2-4-11(15)9-19/h6-8,10-11,15,18-19H,2-5,9H2,1H3. The molecule has 0 heterocycles. The van der Waals surface area contributed by atoms with Crippen LogP contribution in [0.15, 0.2) is 22.7 Å². The Bertz CT molecular complexity index is 427. The second kappa shape index (κ2) is 7.07. The first kappa shape index (κ1) is 15.3. The molecule has 106 valence electrons. The smallest absolute Gasteiger partial charge is 0.0474 e. The molecule has 4 heteroatoms. The van der Waals surface area contributed by atoms with Gasteiger partial charge in [0.1, 0.15) is 0 Å². The monoisotopic (exact) mass is 345 g/mol. The van der Waals surface area contributed by atoms with Gasteiger partial charge in [0.2, 0.25) is 0 Å². The third-order valence-electron chi connectivity index (χ3n) is 4.04. The van der Waals surface area contributed by atoms with E-state index in [1.807, 2.05) is 12.1 Å². The Hall–Kier alpha value is -0.0900. The van der Waals surface area contributed by atoms with E-state index in [4.69, 9.17) is 11.6 Å². The Morgan fingerprint density at radius 1 is 1.42 bits per heavy atom. The Morgan fingerprint density at radius 3 is 2.84 bits per heavy atom. The minimum Gasteiger partial charge on any atom is -0.396 e. The lowest BCUT2D eigenvalue weighted by Crippen LogP contribution is -2.41. The number of aliphatic hydroxyl groups excluding tert-OH is 1. The maximum atomic E-state index is 9.46. The Morgan fingerprint density at radius 2 is 2.16 bits per heavy atom. The van der Waals surface area contributed by atoms with Crippen LogP contribution in [0.2, 0.25) is 5.02 Å². The number of hydrogen-bond donors (Lipinski definition) is 2. The van der Waals surface area contributed by atoms with Crippen molar-refractivity contribution in [1.29, 1.82) is 0 Å². The van der Waals surface area contributed by atoms with E-state index >= 15 is 0 Å². The van der Waals surface area contributed by atoms with Crippen molar-refractivity contribution >= 4 is 27.5 Å². The van der Waals surface area contributed by atoms with E-state index in [0.717, 1.165) is 27.9 Å². The van der Waals surface area contributed by atoms with E-state index in [0.29, 0.717) is 12.0 Å². The molecule has 0 bridgehead atoms. The summed E-state index contributed by atoms with van der Waals surface area (Å²) in [5.41, 5.74) is 1.12. The highest BCUT2D eigenvalue weighted by molar-refractivity contribution is 9.10. The number of nitrogens with one attached hydrogen (secondary N) is 1. The third-order valence-corrected chi connectivity index (χ3v) is 4.86. The fraction of sp³-hybridized carbons (Fsp3) is 0.600. The van der Waals surface area contributed by atoms with Crippen molar-refractivity contribution in [3.05, 3.63) is 33.3 Å². The van der Waals surface area contributed by atoms with Gasteiger partial charge in [-0.05, 0) is 43.4 Å². The molecule has 1 aliphatic rings. The fourth-order valence-electron chi connectivity index (χ4n) is 2.91. The van der Waals surface area contributed by atoms with E-state index < -0.39 is 0 Å². The van der Waals surface area contributed by atoms with Gasteiger partial charge < -0.3 is 10.4 Å². The summed E-state index contributed by atoms with van der Waals surface area (Å²) in [6.45, 7) is 2.41. The zero-order valence-electron chi connectivity index (χ0n) is 11.2. The number of hydrogen-bond acceptors (Lipinski definition) is 2. The van der Waals surface area contributed by atoms with Gasteiger partial charge >= 0.3 is 0 Å². The third kappa shape index (κ3) is 3.94. The molecule has 3 unspecified atom stereocenters. The molecule has 1 saturated carbocycles. The largest absolute Gasteiger partial charge is 0.396 e. The van der Waals surface area contributed by atoms with Crippen LogP contribution < -0.4 is 5.32 Å². The molecule has 0 spiro atoms. The maximum Gasteiger partial charge on any atom is 0.0474 e. The normalized spacial score (nSPS) is 25.3. The molecule has 1 aromatic rings. The molecule has 2 rings (SSSR count). The number of rotatable bonds is 4. The first-order valence-electron chi connectivity index (χ1n) is 6.93. The van der Waals surface area contributed by atoms with Gasteiger partial charge in [-0.25, -0.2) is 0 Å². The van der Waals surface area contributed by atoms with Crippen molar-refractivity contribution in [3.8, 4) is 0 Å². The average Bonchev–Trinajstić information content (AvgIpc) is 2.39. The summed E-state index contributed by atoms with van der Waals surface area (Å²) < 4.78 is 0.999. The predicted molar refractivity (Wildman–Crippen MR) is 83.5 cm³/mol. The predicted octanol–water partition coefficient (Wildman–Crippen LogP) is 4.30. The lowest BCUT2D eigenvalue weighted by atomic mass is 9.84. The van der Waals surface area contributed by atoms with E-state index in [-0.39, 0.29) is 12.6 Å². The quantitative estimate of drug-likeness (QED) is 0.851. The van der Waals surface area contributed by atoms with Gasteiger partial charge in [-0.15, -0.1) is 0 Å². The Kier molecular flexibility index (Phi) is 5.70. The number of benzene rings is 1. The fourth-order valence-corrected chi connectivity index (χ4v) is 3.75. The molecule has 0 aliphatic heterocycles. The first-order chi connectivity index (χ1) is 9.11. The Labute approximate surface area is 128 Å². The Balaban J connectivity index is 2.05. The molecular weight excluding hydrogens is 326 g/mol. The van der Waals surface area contributed by atoms with Crippen LogP contribution in [0.4, 0.5) is 0 Å². The number of halogens is 2. The molecule has 0 saturated heterocycles. The second-order valence-electron chi connectivity index (χ2n) is 5.39. The summed E-state index contributed by atoms with van der Waals surface area (Å²) in [4.78, 5) is 0. The van der Waals surface area contributed by atoms with Crippen LogP contribution in [-0.2, 0) is 0 Å². The van der Waals surface area contributed by atoms with E-state index in [1.165, 1.54) is 12.8 Å². The van der Waals surface area contributed by atoms with Crippen LogP contribution in [-0.4, -0.2) is 17.8 Å². The minimum absolute atomic E-state index is 0.206. The molecule has 3 atom stereocenters. The molecule has 0 amide bonds. The molecule has 2 N–H and O–H groups in total. The van der Waals surface area contributed by atoms with Crippen molar-refractivity contribution in [1.82, 2.24) is 5.32 Å². The van der Waals surface area contributed by atoms with Crippen molar-refractivity contribution in [2.24, 2.45) is 5.92 Å². The average molecular weight is 347 g/mol. The summed E-state index contributed by atoms with van der Waals surface area (Å²) in [6, 6.07) is 6.61. The molecule has 1 aromatic carbocycles. The molecule has 1 fully saturated rings. The lowest BCUT2D eigenvalue weighted by molar-refractivity contribution is 0.147. The highest BCUT2D eigenvalue weighted by atomic mass is 79.9. The van der Waals surface area contributed by atoms with Gasteiger partial charge in [-0.3, -0.25) is 0 Å². The summed E-state index contributed by atoms with van der Waals surface area (Å²) in [5, 5.41) is 13.9. The summed E-state index contributed by atoms with van der Waals surface area (Å²) in [6.07, 6.45) is 4.74. The zero-order valence-corrected chi connectivity index (χ0v) is 13.5. The molecule has 19 heavy (non-hydrogen) atoms. The van der Waals surface area contributed by atoms with Crippen LogP contribution >= 0.6 is 27.5 Å². The summed E-state index contributed by atoms with van der Waals surface area (Å²) >= 11 is 9.72. The van der Waals surface area contributed by atoms with Crippen molar-refractivity contribution in [2.75, 3.05) is 6.61 Å². The molecule has 0 radical (unpaired) electrons. The van der Waals surface area contributed by atoms with Gasteiger partial charge in [-0.1, -0.05) is 46.4 Å². The van der Waals surface area contributed by atoms with Crippen molar-refractivity contribution in [3.63, 3.8) is 0 Å². The first-order valence-corrected chi connectivity index (χ1v) is 8.10. The van der Waals surface area contributed by atoms with Gasteiger partial charge in [-0.2, -0.15) is 0 Å². The van der Waals surface area contributed by atoms with Crippen molar-refractivity contribution < 1.29 is 5.11 Å². The zero-order chi connectivity index (χ0) is 13.8. The topological polar surface area (TPSA) is 32.3 Å². The highest BCUT2D eigenvalue weighted by Crippen LogP contribution is 2.30. The van der Waals surface area contributed by atoms with Crippen molar-refractivity contribution in [2.45, 2.75) is 44.7 Å². The lowest BCUT2D eigenvalue weighted by Gasteiger charge is -2.33. The highest BCUT2D eigenvalue weighted by Gasteiger charge is 2.26. The van der Waals surface area contributed by atoms with Gasteiger partial charge in [0, 0.05) is 28.2 Å². The summed E-state index contributed by atoms with van der Waals surface area (Å²) in [5.74, 6) is 0.380. The van der Waals surface area contributed by atoms with Crippen LogP contribution in [0.25, 0.3) is 0 Å². The maximum absolute atomic E-state index is 9.46. The van der Waals surface area contributed by atoms with Crippen LogP contribution in [0.3, 0.4) is 0 Å². The molecule has 0 aromatic heterocycles. The summed E-state index contributed by atoms with van der Waals surface area (Å²) in [7, 11) is 0. The van der Waals surface area contributed by atoms with Crippen LogP contribution in [0.1, 0.15) is 44.2 Å². The number of aliphatic hydroxyl groups is 1. The SMILES string of the molecule is CC(NC1CCCCC1CO)c1ccc(Br)cc1Cl. The van der Waals surface area contributed by atoms with E-state index in [9.17, 15) is 5.11 Å². The van der Waals surface area contributed by atoms with Gasteiger partial charge in [0.25, 0.3) is 0 Å². The molecular formula is C15H21BrClNO. The minimum atomic E-state index is 0.206. The molecule has 1 aliphatic carbocycles. The second-order valence-corrected chi connectivity index (χ2v) is 6.71.